The Hall–Kier alpha value is -1.61. The molecule has 9 heteroatoms. The fourth-order valence-corrected chi connectivity index (χ4v) is 3.79. The fraction of sp³-hybridized carbons (Fsp3) is 0.417. The summed E-state index contributed by atoms with van der Waals surface area (Å²) in [5.41, 5.74) is 0. The van der Waals surface area contributed by atoms with Gasteiger partial charge in [-0.25, -0.2) is 21.6 Å². The highest BCUT2D eigenvalue weighted by Gasteiger charge is 2.35. The smallest absolute Gasteiger partial charge is 0.307 e. The number of carbonyl (C=O) groups is 1. The number of rotatable bonds is 3. The maximum atomic E-state index is 13.6. The van der Waals surface area contributed by atoms with Crippen molar-refractivity contribution >= 4 is 16.0 Å². The molecule has 1 unspecified atom stereocenters. The molecule has 1 saturated heterocycles. The fourth-order valence-electron chi connectivity index (χ4n) is 2.21. The van der Waals surface area contributed by atoms with Gasteiger partial charge in [-0.3, -0.25) is 4.79 Å². The van der Waals surface area contributed by atoms with Crippen LogP contribution < -0.4 is 0 Å². The second-order valence-corrected chi connectivity index (χ2v) is 6.62. The van der Waals surface area contributed by atoms with Crippen LogP contribution in [0, 0.1) is 23.4 Å². The number of nitrogens with zero attached hydrogens (tertiary/aromatic N) is 1. The lowest BCUT2D eigenvalue weighted by Gasteiger charge is -2.29. The summed E-state index contributed by atoms with van der Waals surface area (Å²) in [4.78, 5) is 9.93. The van der Waals surface area contributed by atoms with E-state index in [0.717, 1.165) is 4.31 Å². The molecule has 0 bridgehead atoms. The van der Waals surface area contributed by atoms with Crippen molar-refractivity contribution in [3.8, 4) is 0 Å². The molecule has 2 rings (SSSR count). The molecule has 0 aromatic heterocycles. The second-order valence-electron chi connectivity index (χ2n) is 4.71. The molecule has 1 aromatic rings. The first-order valence-corrected chi connectivity index (χ1v) is 7.55. The van der Waals surface area contributed by atoms with Crippen molar-refractivity contribution in [3.63, 3.8) is 0 Å². The first-order chi connectivity index (χ1) is 9.75. The van der Waals surface area contributed by atoms with E-state index in [1.807, 2.05) is 0 Å². The van der Waals surface area contributed by atoms with Crippen LogP contribution in [0.3, 0.4) is 0 Å². The predicted octanol–water partition coefficient (Wildman–Crippen LogP) is 1.59. The Kier molecular flexibility index (Phi) is 4.24. The van der Waals surface area contributed by atoms with Crippen molar-refractivity contribution in [2.24, 2.45) is 5.92 Å². The van der Waals surface area contributed by atoms with E-state index in [0.29, 0.717) is 25.0 Å². The van der Waals surface area contributed by atoms with E-state index < -0.39 is 44.3 Å². The van der Waals surface area contributed by atoms with Crippen LogP contribution in [0.15, 0.2) is 17.0 Å². The van der Waals surface area contributed by atoms with E-state index in [1.54, 1.807) is 0 Å². The zero-order valence-electron chi connectivity index (χ0n) is 10.7. The summed E-state index contributed by atoms with van der Waals surface area (Å²) in [6.07, 6.45) is 0.600. The van der Waals surface area contributed by atoms with Crippen molar-refractivity contribution in [1.29, 1.82) is 0 Å². The van der Waals surface area contributed by atoms with Gasteiger partial charge in [-0.1, -0.05) is 0 Å². The molecule has 0 radical (unpaired) electrons. The van der Waals surface area contributed by atoms with Gasteiger partial charge in [0.2, 0.25) is 10.0 Å². The number of carboxylic acid groups (broad SMARTS) is 1. The van der Waals surface area contributed by atoms with Crippen molar-refractivity contribution in [3.05, 3.63) is 29.6 Å². The quantitative estimate of drug-likeness (QED) is 0.857. The first kappa shape index (κ1) is 15.8. The van der Waals surface area contributed by atoms with Gasteiger partial charge in [0.25, 0.3) is 0 Å². The van der Waals surface area contributed by atoms with E-state index in [9.17, 15) is 26.4 Å². The Morgan fingerprint density at radius 1 is 1.24 bits per heavy atom. The summed E-state index contributed by atoms with van der Waals surface area (Å²) < 4.78 is 64.9. The number of halogens is 3. The Bertz CT molecular complexity index is 677. The SMILES string of the molecule is O=C(O)C1CCCN(S(=O)(=O)c2ccc(F)c(F)c2F)C1. The largest absolute Gasteiger partial charge is 0.481 e. The van der Waals surface area contributed by atoms with Crippen LogP contribution in [0.1, 0.15) is 12.8 Å². The van der Waals surface area contributed by atoms with Crippen molar-refractivity contribution in [2.75, 3.05) is 13.1 Å². The summed E-state index contributed by atoms with van der Waals surface area (Å²) in [5.74, 6) is -7.22. The van der Waals surface area contributed by atoms with Gasteiger partial charge in [0.05, 0.1) is 5.92 Å². The Morgan fingerprint density at radius 2 is 1.90 bits per heavy atom. The third-order valence-electron chi connectivity index (χ3n) is 3.35. The summed E-state index contributed by atoms with van der Waals surface area (Å²) in [5, 5.41) is 8.92. The number of carboxylic acids is 1. The minimum absolute atomic E-state index is 0.00451. The lowest BCUT2D eigenvalue weighted by Crippen LogP contribution is -2.42. The average Bonchev–Trinajstić information content (AvgIpc) is 2.44. The van der Waals surface area contributed by atoms with Gasteiger partial charge in [-0.15, -0.1) is 0 Å². The van der Waals surface area contributed by atoms with Crippen LogP contribution in [0.4, 0.5) is 13.2 Å². The van der Waals surface area contributed by atoms with Crippen LogP contribution >= 0.6 is 0 Å². The van der Waals surface area contributed by atoms with Gasteiger partial charge in [0.15, 0.2) is 17.5 Å². The third kappa shape index (κ3) is 2.88. The number of hydrogen-bond acceptors (Lipinski definition) is 3. The van der Waals surface area contributed by atoms with Crippen LogP contribution in [0.5, 0.6) is 0 Å². The van der Waals surface area contributed by atoms with Crippen molar-refractivity contribution < 1.29 is 31.5 Å². The molecule has 1 aromatic carbocycles. The Labute approximate surface area is 119 Å². The number of hydrogen-bond donors (Lipinski definition) is 1. The van der Waals surface area contributed by atoms with Crippen molar-refractivity contribution in [2.45, 2.75) is 17.7 Å². The number of aliphatic carboxylic acids is 1. The molecule has 21 heavy (non-hydrogen) atoms. The highest BCUT2D eigenvalue weighted by atomic mass is 32.2. The van der Waals surface area contributed by atoms with E-state index >= 15 is 0 Å². The Morgan fingerprint density at radius 3 is 2.52 bits per heavy atom. The van der Waals surface area contributed by atoms with Crippen LogP contribution in [-0.2, 0) is 14.8 Å². The normalized spacial score (nSPS) is 20.4. The van der Waals surface area contributed by atoms with Gasteiger partial charge in [0, 0.05) is 13.1 Å². The average molecular weight is 323 g/mol. The Balaban J connectivity index is 2.38. The number of sulfonamides is 1. The molecule has 0 spiro atoms. The van der Waals surface area contributed by atoms with E-state index in [4.69, 9.17) is 5.11 Å². The van der Waals surface area contributed by atoms with E-state index in [-0.39, 0.29) is 13.1 Å². The first-order valence-electron chi connectivity index (χ1n) is 6.11. The molecule has 0 aliphatic carbocycles. The van der Waals surface area contributed by atoms with E-state index in [1.165, 1.54) is 0 Å². The topological polar surface area (TPSA) is 74.7 Å². The maximum Gasteiger partial charge on any atom is 0.307 e. The predicted molar refractivity (Wildman–Crippen MR) is 65.4 cm³/mol. The molecular formula is C12H12F3NO4S. The highest BCUT2D eigenvalue weighted by Crippen LogP contribution is 2.27. The van der Waals surface area contributed by atoms with Gasteiger partial charge in [-0.2, -0.15) is 4.31 Å². The van der Waals surface area contributed by atoms with Crippen LogP contribution in [-0.4, -0.2) is 36.9 Å². The van der Waals surface area contributed by atoms with Crippen LogP contribution in [0.2, 0.25) is 0 Å². The lowest BCUT2D eigenvalue weighted by atomic mass is 10.0. The molecule has 1 heterocycles. The minimum atomic E-state index is -4.41. The highest BCUT2D eigenvalue weighted by molar-refractivity contribution is 7.89. The lowest BCUT2D eigenvalue weighted by molar-refractivity contribution is -0.142. The molecule has 1 N–H and O–H groups in total. The second kappa shape index (κ2) is 5.64. The van der Waals surface area contributed by atoms with Gasteiger partial charge in [-0.05, 0) is 25.0 Å². The molecule has 5 nitrogen and oxygen atoms in total. The van der Waals surface area contributed by atoms with E-state index in [2.05, 4.69) is 0 Å². The van der Waals surface area contributed by atoms with Crippen molar-refractivity contribution in [1.82, 2.24) is 4.31 Å². The molecule has 1 atom stereocenters. The zero-order valence-corrected chi connectivity index (χ0v) is 11.5. The van der Waals surface area contributed by atoms with Crippen LogP contribution in [0.25, 0.3) is 0 Å². The molecular weight excluding hydrogens is 311 g/mol. The summed E-state index contributed by atoms with van der Waals surface area (Å²) in [6.45, 7) is -0.319. The molecule has 1 fully saturated rings. The number of benzene rings is 1. The molecule has 1 aliphatic rings. The van der Waals surface area contributed by atoms with Gasteiger partial charge < -0.3 is 5.11 Å². The van der Waals surface area contributed by atoms with Gasteiger partial charge >= 0.3 is 5.97 Å². The third-order valence-corrected chi connectivity index (χ3v) is 5.23. The molecule has 0 amide bonds. The molecule has 0 saturated carbocycles. The standard InChI is InChI=1S/C12H12F3NO4S/c13-8-3-4-9(11(15)10(8)14)21(19,20)16-5-1-2-7(6-16)12(17)18/h3-4,7H,1-2,5-6H2,(H,17,18). The zero-order chi connectivity index (χ0) is 15.8. The monoisotopic (exact) mass is 323 g/mol. The molecule has 1 aliphatic heterocycles. The number of piperidine rings is 1. The maximum absolute atomic E-state index is 13.6. The minimum Gasteiger partial charge on any atom is -0.481 e. The summed E-state index contributed by atoms with van der Waals surface area (Å²) in [7, 11) is -4.41. The van der Waals surface area contributed by atoms with Gasteiger partial charge in [0.1, 0.15) is 4.90 Å². The summed E-state index contributed by atoms with van der Waals surface area (Å²) in [6, 6.07) is 1.15. The summed E-state index contributed by atoms with van der Waals surface area (Å²) >= 11 is 0. The molecule has 116 valence electrons.